The molecule has 5 nitrogen and oxygen atoms in total. The molecule has 0 bridgehead atoms. The third-order valence-corrected chi connectivity index (χ3v) is 5.21. The molecule has 1 atom stereocenters. The Morgan fingerprint density at radius 2 is 2.25 bits per heavy atom. The number of rotatable bonds is 4. The van der Waals surface area contributed by atoms with E-state index in [4.69, 9.17) is 23.8 Å². The Morgan fingerprint density at radius 1 is 1.46 bits per heavy atom. The van der Waals surface area contributed by atoms with Crippen molar-refractivity contribution in [1.82, 2.24) is 14.8 Å². The number of carbonyl (C=O) groups is 1. The number of hydrogen-bond donors (Lipinski definition) is 2. The van der Waals surface area contributed by atoms with E-state index in [0.29, 0.717) is 21.3 Å². The lowest BCUT2D eigenvalue weighted by Crippen LogP contribution is -2.24. The largest absolute Gasteiger partial charge is 0.324 e. The van der Waals surface area contributed by atoms with E-state index >= 15 is 0 Å². The molecule has 0 aliphatic carbocycles. The van der Waals surface area contributed by atoms with Gasteiger partial charge in [0.2, 0.25) is 5.91 Å². The van der Waals surface area contributed by atoms with Crippen LogP contribution in [0.2, 0.25) is 5.02 Å². The van der Waals surface area contributed by atoms with Gasteiger partial charge in [-0.3, -0.25) is 14.5 Å². The van der Waals surface area contributed by atoms with Gasteiger partial charge in [-0.25, -0.2) is 0 Å². The molecule has 2 heterocycles. The number of H-pyrrole nitrogens is 1. The maximum absolute atomic E-state index is 12.6. The normalized spacial score (nSPS) is 12.1. The fourth-order valence-corrected chi connectivity index (χ4v) is 3.46. The van der Waals surface area contributed by atoms with Crippen LogP contribution in [-0.4, -0.2) is 20.7 Å². The van der Waals surface area contributed by atoms with Crippen molar-refractivity contribution in [2.75, 3.05) is 5.32 Å². The number of amides is 1. The number of thiophene rings is 1. The number of nitrogens with one attached hydrogen (secondary N) is 2. The van der Waals surface area contributed by atoms with Gasteiger partial charge in [-0.15, -0.1) is 11.3 Å². The van der Waals surface area contributed by atoms with Crippen molar-refractivity contribution in [1.29, 1.82) is 0 Å². The molecule has 0 saturated heterocycles. The van der Waals surface area contributed by atoms with E-state index in [1.807, 2.05) is 36.6 Å². The molecule has 2 N–H and O–H groups in total. The molecular weight excluding hydrogens is 364 g/mol. The van der Waals surface area contributed by atoms with Crippen LogP contribution in [0.5, 0.6) is 0 Å². The fraction of sp³-hybridized carbons (Fsp3) is 0.188. The maximum Gasteiger partial charge on any atom is 0.247 e. The predicted molar refractivity (Wildman–Crippen MR) is 100 cm³/mol. The molecule has 0 saturated carbocycles. The van der Waals surface area contributed by atoms with Crippen LogP contribution in [0.3, 0.4) is 0 Å². The standard InChI is InChI=1S/C16H15ClN4OS2/c1-9-5-6-11(8-12(9)17)18-15(22)10(2)21-14(19-20-16(21)23)13-4-3-7-24-13/h3-8,10H,1-2H3,(H,18,22)(H,20,23)/t10-/m0/s1. The van der Waals surface area contributed by atoms with Crippen LogP contribution in [0.1, 0.15) is 18.5 Å². The second-order valence-corrected chi connectivity index (χ2v) is 7.07. The molecule has 8 heteroatoms. The van der Waals surface area contributed by atoms with Crippen molar-refractivity contribution in [3.63, 3.8) is 0 Å². The van der Waals surface area contributed by atoms with E-state index in [1.54, 1.807) is 28.9 Å². The number of nitrogens with zero attached hydrogens (tertiary/aromatic N) is 2. The van der Waals surface area contributed by atoms with Gasteiger partial charge in [-0.05, 0) is 55.2 Å². The third-order valence-electron chi connectivity index (χ3n) is 3.65. The van der Waals surface area contributed by atoms with Gasteiger partial charge in [-0.1, -0.05) is 23.7 Å². The van der Waals surface area contributed by atoms with Crippen LogP contribution in [0.25, 0.3) is 10.7 Å². The van der Waals surface area contributed by atoms with Crippen LogP contribution in [0, 0.1) is 11.7 Å². The zero-order valence-corrected chi connectivity index (χ0v) is 15.4. The molecule has 0 radical (unpaired) electrons. The van der Waals surface area contributed by atoms with Crippen LogP contribution in [0.15, 0.2) is 35.7 Å². The summed E-state index contributed by atoms with van der Waals surface area (Å²) in [7, 11) is 0. The van der Waals surface area contributed by atoms with Gasteiger partial charge in [0, 0.05) is 10.7 Å². The van der Waals surface area contributed by atoms with E-state index in [2.05, 4.69) is 15.5 Å². The van der Waals surface area contributed by atoms with E-state index in [9.17, 15) is 4.79 Å². The van der Waals surface area contributed by atoms with E-state index in [0.717, 1.165) is 10.4 Å². The van der Waals surface area contributed by atoms with Gasteiger partial charge in [0.1, 0.15) is 6.04 Å². The Hall–Kier alpha value is -1.96. The molecule has 124 valence electrons. The Bertz CT molecular complexity index is 930. The maximum atomic E-state index is 12.6. The molecule has 0 spiro atoms. The first kappa shape index (κ1) is 16.9. The van der Waals surface area contributed by atoms with Gasteiger partial charge in [0.15, 0.2) is 10.6 Å². The highest BCUT2D eigenvalue weighted by Gasteiger charge is 2.21. The third kappa shape index (κ3) is 3.28. The molecule has 24 heavy (non-hydrogen) atoms. The van der Waals surface area contributed by atoms with Crippen molar-refractivity contribution < 1.29 is 4.79 Å². The first-order chi connectivity index (χ1) is 11.5. The SMILES string of the molecule is Cc1ccc(NC(=O)[C@H](C)n2c(-c3cccs3)n[nH]c2=S)cc1Cl. The average Bonchev–Trinajstić information content (AvgIpc) is 3.19. The molecule has 0 fully saturated rings. The number of benzene rings is 1. The Labute approximate surface area is 153 Å². The number of anilines is 1. The average molecular weight is 379 g/mol. The van der Waals surface area contributed by atoms with Crippen LogP contribution < -0.4 is 5.32 Å². The molecular formula is C16H15ClN4OS2. The summed E-state index contributed by atoms with van der Waals surface area (Å²) in [4.78, 5) is 13.6. The van der Waals surface area contributed by atoms with E-state index < -0.39 is 6.04 Å². The van der Waals surface area contributed by atoms with E-state index in [-0.39, 0.29) is 5.91 Å². The van der Waals surface area contributed by atoms with Gasteiger partial charge in [-0.2, -0.15) is 5.10 Å². The summed E-state index contributed by atoms with van der Waals surface area (Å²) in [5.74, 6) is 0.463. The first-order valence-corrected chi connectivity index (χ1v) is 8.91. The monoisotopic (exact) mass is 378 g/mol. The highest BCUT2D eigenvalue weighted by Crippen LogP contribution is 2.26. The number of aromatic amines is 1. The Kier molecular flexibility index (Phi) is 4.84. The molecule has 2 aromatic heterocycles. The summed E-state index contributed by atoms with van der Waals surface area (Å²) < 4.78 is 2.12. The first-order valence-electron chi connectivity index (χ1n) is 7.25. The lowest BCUT2D eigenvalue weighted by atomic mass is 10.2. The zero-order valence-electron chi connectivity index (χ0n) is 13.0. The van der Waals surface area contributed by atoms with Crippen molar-refractivity contribution in [3.8, 4) is 10.7 Å². The molecule has 3 rings (SSSR count). The van der Waals surface area contributed by atoms with Crippen molar-refractivity contribution >= 4 is 46.8 Å². The van der Waals surface area contributed by atoms with Crippen LogP contribution in [0.4, 0.5) is 5.69 Å². The smallest absolute Gasteiger partial charge is 0.247 e. The number of hydrogen-bond acceptors (Lipinski definition) is 4. The second kappa shape index (κ2) is 6.88. The number of aromatic nitrogens is 3. The van der Waals surface area contributed by atoms with Gasteiger partial charge < -0.3 is 5.32 Å². The van der Waals surface area contributed by atoms with E-state index in [1.165, 1.54) is 0 Å². The molecule has 3 aromatic rings. The summed E-state index contributed by atoms with van der Waals surface area (Å²) in [6, 6.07) is 8.77. The Morgan fingerprint density at radius 3 is 2.92 bits per heavy atom. The topological polar surface area (TPSA) is 62.7 Å². The van der Waals surface area contributed by atoms with Crippen LogP contribution in [-0.2, 0) is 4.79 Å². The highest BCUT2D eigenvalue weighted by molar-refractivity contribution is 7.71. The minimum atomic E-state index is -0.520. The Balaban J connectivity index is 1.88. The predicted octanol–water partition coefficient (Wildman–Crippen LogP) is 4.83. The molecule has 1 aromatic carbocycles. The van der Waals surface area contributed by atoms with Crippen molar-refractivity contribution in [3.05, 3.63) is 51.1 Å². The summed E-state index contributed by atoms with van der Waals surface area (Å²) in [5, 5.41) is 12.4. The summed E-state index contributed by atoms with van der Waals surface area (Å²) in [5.41, 5.74) is 1.61. The van der Waals surface area contributed by atoms with Crippen LogP contribution >= 0.6 is 35.2 Å². The fourth-order valence-electron chi connectivity index (χ4n) is 2.28. The quantitative estimate of drug-likeness (QED) is 0.639. The minimum absolute atomic E-state index is 0.190. The molecule has 0 aliphatic heterocycles. The van der Waals surface area contributed by atoms with Crippen molar-refractivity contribution in [2.24, 2.45) is 0 Å². The van der Waals surface area contributed by atoms with Gasteiger partial charge in [0.05, 0.1) is 4.88 Å². The zero-order chi connectivity index (χ0) is 17.3. The number of aryl methyl sites for hydroxylation is 1. The lowest BCUT2D eigenvalue weighted by Gasteiger charge is -2.15. The van der Waals surface area contributed by atoms with Gasteiger partial charge >= 0.3 is 0 Å². The number of carbonyl (C=O) groups excluding carboxylic acids is 1. The molecule has 1 amide bonds. The minimum Gasteiger partial charge on any atom is -0.324 e. The summed E-state index contributed by atoms with van der Waals surface area (Å²) in [6.07, 6.45) is 0. The summed E-state index contributed by atoms with van der Waals surface area (Å²) in [6.45, 7) is 3.70. The lowest BCUT2D eigenvalue weighted by molar-refractivity contribution is -0.118. The molecule has 0 unspecified atom stereocenters. The number of halogens is 1. The summed E-state index contributed by atoms with van der Waals surface area (Å²) >= 11 is 12.9. The van der Waals surface area contributed by atoms with Crippen molar-refractivity contribution in [2.45, 2.75) is 19.9 Å². The second-order valence-electron chi connectivity index (χ2n) is 5.33. The highest BCUT2D eigenvalue weighted by atomic mass is 35.5. The van der Waals surface area contributed by atoms with Gasteiger partial charge in [0.25, 0.3) is 0 Å². The molecule has 0 aliphatic rings.